The molecule has 1 N–H and O–H groups in total. The van der Waals surface area contributed by atoms with Crippen LogP contribution in [0.1, 0.15) is 42.0 Å². The zero-order valence-corrected chi connectivity index (χ0v) is 11.8. The maximum Gasteiger partial charge on any atom is 0.131 e. The predicted molar refractivity (Wildman–Crippen MR) is 72.4 cm³/mol. The lowest BCUT2D eigenvalue weighted by Crippen LogP contribution is -2.07. The van der Waals surface area contributed by atoms with Crippen molar-refractivity contribution in [1.29, 1.82) is 0 Å². The molecule has 108 valence electrons. The van der Waals surface area contributed by atoms with Gasteiger partial charge in [-0.15, -0.1) is 0 Å². The van der Waals surface area contributed by atoms with Crippen molar-refractivity contribution >= 4 is 0 Å². The van der Waals surface area contributed by atoms with E-state index in [9.17, 15) is 13.9 Å². The van der Waals surface area contributed by atoms with Crippen molar-refractivity contribution < 1.29 is 13.9 Å². The second-order valence-corrected chi connectivity index (χ2v) is 4.90. The third-order valence-electron chi connectivity index (χ3n) is 3.49. The number of rotatable bonds is 4. The van der Waals surface area contributed by atoms with Gasteiger partial charge < -0.3 is 5.11 Å². The fourth-order valence-electron chi connectivity index (χ4n) is 2.36. The van der Waals surface area contributed by atoms with Crippen molar-refractivity contribution in [3.8, 4) is 0 Å². The van der Waals surface area contributed by atoms with Crippen LogP contribution >= 0.6 is 0 Å². The molecule has 1 heterocycles. The van der Waals surface area contributed by atoms with Crippen LogP contribution in [-0.2, 0) is 6.54 Å². The van der Waals surface area contributed by atoms with E-state index in [1.165, 1.54) is 12.1 Å². The smallest absolute Gasteiger partial charge is 0.131 e. The molecule has 0 aliphatic rings. The van der Waals surface area contributed by atoms with Gasteiger partial charge in [0.1, 0.15) is 11.6 Å². The van der Waals surface area contributed by atoms with E-state index < -0.39 is 17.7 Å². The molecule has 3 nitrogen and oxygen atoms in total. The van der Waals surface area contributed by atoms with Crippen LogP contribution in [0.5, 0.6) is 0 Å². The third-order valence-corrected chi connectivity index (χ3v) is 3.49. The largest absolute Gasteiger partial charge is 0.388 e. The van der Waals surface area contributed by atoms with Crippen LogP contribution < -0.4 is 0 Å². The van der Waals surface area contributed by atoms with E-state index in [1.54, 1.807) is 4.68 Å². The summed E-state index contributed by atoms with van der Waals surface area (Å²) in [6, 6.07) is 3.51. The van der Waals surface area contributed by atoms with Gasteiger partial charge in [-0.05, 0) is 26.3 Å². The Morgan fingerprint density at radius 1 is 1.30 bits per heavy atom. The Bertz CT molecular complexity index is 623. The summed E-state index contributed by atoms with van der Waals surface area (Å²) in [4.78, 5) is 0. The van der Waals surface area contributed by atoms with Gasteiger partial charge >= 0.3 is 0 Å². The van der Waals surface area contributed by atoms with E-state index in [0.29, 0.717) is 12.0 Å². The molecule has 0 bridgehead atoms. The van der Waals surface area contributed by atoms with Gasteiger partial charge in [-0.25, -0.2) is 8.78 Å². The summed E-state index contributed by atoms with van der Waals surface area (Å²) >= 11 is 0. The Hall–Kier alpha value is -1.75. The molecule has 0 saturated carbocycles. The number of hydrogen-bond donors (Lipinski definition) is 1. The van der Waals surface area contributed by atoms with Gasteiger partial charge in [0.15, 0.2) is 0 Å². The zero-order chi connectivity index (χ0) is 14.9. The van der Waals surface area contributed by atoms with E-state index >= 15 is 0 Å². The minimum absolute atomic E-state index is 0.217. The molecule has 5 heteroatoms. The highest BCUT2D eigenvalue weighted by molar-refractivity contribution is 5.28. The summed E-state index contributed by atoms with van der Waals surface area (Å²) in [5.41, 5.74) is 2.70. The van der Waals surface area contributed by atoms with Gasteiger partial charge in [-0.3, -0.25) is 4.68 Å². The van der Waals surface area contributed by atoms with Crippen molar-refractivity contribution in [2.45, 2.75) is 39.8 Å². The Balaban J connectivity index is 2.35. The number of aliphatic hydroxyl groups is 1. The molecule has 2 rings (SSSR count). The molecule has 0 saturated heterocycles. The molecule has 0 aliphatic heterocycles. The van der Waals surface area contributed by atoms with Crippen LogP contribution in [0.4, 0.5) is 8.78 Å². The molecule has 0 radical (unpaired) electrons. The number of benzene rings is 1. The first-order valence-electron chi connectivity index (χ1n) is 6.60. The first-order valence-corrected chi connectivity index (χ1v) is 6.60. The second-order valence-electron chi connectivity index (χ2n) is 4.90. The predicted octanol–water partition coefficient (Wildman–Crippen LogP) is 3.27. The highest BCUT2D eigenvalue weighted by atomic mass is 19.1. The van der Waals surface area contributed by atoms with E-state index in [0.717, 1.165) is 23.0 Å². The van der Waals surface area contributed by atoms with Gasteiger partial charge in [0.25, 0.3) is 0 Å². The maximum atomic E-state index is 13.7. The molecule has 1 aromatic heterocycles. The molecule has 2 aromatic rings. The van der Waals surface area contributed by atoms with Gasteiger partial charge in [0.05, 0.1) is 18.3 Å². The molecule has 0 aliphatic carbocycles. The molecule has 1 aromatic carbocycles. The topological polar surface area (TPSA) is 38.1 Å². The Morgan fingerprint density at radius 3 is 2.60 bits per heavy atom. The molecule has 0 amide bonds. The molecular weight excluding hydrogens is 262 g/mol. The van der Waals surface area contributed by atoms with E-state index in [-0.39, 0.29) is 6.54 Å². The van der Waals surface area contributed by atoms with Crippen LogP contribution in [0.15, 0.2) is 18.2 Å². The van der Waals surface area contributed by atoms with Crippen LogP contribution in [0, 0.1) is 25.5 Å². The normalized spacial score (nSPS) is 12.7. The summed E-state index contributed by atoms with van der Waals surface area (Å²) in [6.07, 6.45) is 0.0278. The van der Waals surface area contributed by atoms with Crippen molar-refractivity contribution in [1.82, 2.24) is 9.78 Å². The van der Waals surface area contributed by atoms with Crippen LogP contribution in [0.3, 0.4) is 0 Å². The van der Waals surface area contributed by atoms with Crippen molar-refractivity contribution in [2.24, 2.45) is 0 Å². The highest BCUT2D eigenvalue weighted by Crippen LogP contribution is 2.24. The Morgan fingerprint density at radius 2 is 2.00 bits per heavy atom. The van der Waals surface area contributed by atoms with Crippen molar-refractivity contribution in [3.05, 3.63) is 52.3 Å². The first-order chi connectivity index (χ1) is 9.43. The standard InChI is InChI=1S/C15H18F2N2O/c1-4-14(20)15-9(2)18-19(10(15)3)8-11-5-6-12(16)7-13(11)17/h5-7,14,20H,4,8H2,1-3H3. The zero-order valence-electron chi connectivity index (χ0n) is 11.8. The van der Waals surface area contributed by atoms with Crippen LogP contribution in [0.2, 0.25) is 0 Å². The average molecular weight is 280 g/mol. The molecule has 0 spiro atoms. The Kier molecular flexibility index (Phi) is 4.18. The molecule has 1 atom stereocenters. The van der Waals surface area contributed by atoms with Gasteiger partial charge in [0, 0.05) is 22.9 Å². The quantitative estimate of drug-likeness (QED) is 0.933. The average Bonchev–Trinajstić information content (AvgIpc) is 2.67. The summed E-state index contributed by atoms with van der Waals surface area (Å²) in [7, 11) is 0. The number of aromatic nitrogens is 2. The monoisotopic (exact) mass is 280 g/mol. The van der Waals surface area contributed by atoms with Crippen LogP contribution in [-0.4, -0.2) is 14.9 Å². The number of aryl methyl sites for hydroxylation is 1. The number of aliphatic hydroxyl groups excluding tert-OH is 1. The highest BCUT2D eigenvalue weighted by Gasteiger charge is 2.18. The van der Waals surface area contributed by atoms with Gasteiger partial charge in [-0.1, -0.05) is 13.0 Å². The fraction of sp³-hybridized carbons (Fsp3) is 0.400. The summed E-state index contributed by atoms with van der Waals surface area (Å²) in [5, 5.41) is 14.3. The molecule has 1 unspecified atom stereocenters. The molecule has 20 heavy (non-hydrogen) atoms. The molecule has 0 fully saturated rings. The van der Waals surface area contributed by atoms with Gasteiger partial charge in [0.2, 0.25) is 0 Å². The second kappa shape index (κ2) is 5.71. The third kappa shape index (κ3) is 2.72. The minimum atomic E-state index is -0.596. The fourth-order valence-corrected chi connectivity index (χ4v) is 2.36. The lowest BCUT2D eigenvalue weighted by atomic mass is 10.1. The number of halogens is 2. The lowest BCUT2D eigenvalue weighted by molar-refractivity contribution is 0.172. The van der Waals surface area contributed by atoms with Crippen molar-refractivity contribution in [2.75, 3.05) is 0 Å². The van der Waals surface area contributed by atoms with Crippen LogP contribution in [0.25, 0.3) is 0 Å². The maximum absolute atomic E-state index is 13.7. The first kappa shape index (κ1) is 14.7. The number of nitrogens with zero attached hydrogens (tertiary/aromatic N) is 2. The lowest BCUT2D eigenvalue weighted by Gasteiger charge is -2.10. The number of hydrogen-bond acceptors (Lipinski definition) is 2. The minimum Gasteiger partial charge on any atom is -0.388 e. The van der Waals surface area contributed by atoms with E-state index in [4.69, 9.17) is 0 Å². The van der Waals surface area contributed by atoms with E-state index in [2.05, 4.69) is 5.10 Å². The summed E-state index contributed by atoms with van der Waals surface area (Å²) in [6.45, 7) is 5.77. The van der Waals surface area contributed by atoms with E-state index in [1.807, 2.05) is 20.8 Å². The molecular formula is C15H18F2N2O. The summed E-state index contributed by atoms with van der Waals surface area (Å²) in [5.74, 6) is -1.18. The van der Waals surface area contributed by atoms with Gasteiger partial charge in [-0.2, -0.15) is 5.10 Å². The Labute approximate surface area is 116 Å². The SMILES string of the molecule is CCC(O)c1c(C)nn(Cc2ccc(F)cc2F)c1C. The van der Waals surface area contributed by atoms with Crippen molar-refractivity contribution in [3.63, 3.8) is 0 Å². The summed E-state index contributed by atoms with van der Waals surface area (Å²) < 4.78 is 28.2.